The number of nitrogens with two attached hydrogens (primary N) is 1. The fourth-order valence-corrected chi connectivity index (χ4v) is 4.89. The number of amides is 1. The summed E-state index contributed by atoms with van der Waals surface area (Å²) in [6.45, 7) is -0.748. The highest BCUT2D eigenvalue weighted by Crippen LogP contribution is 2.29. The van der Waals surface area contributed by atoms with Gasteiger partial charge in [-0.15, -0.1) is 0 Å². The number of primary amides is 1. The average Bonchev–Trinajstić information content (AvgIpc) is 3.28. The van der Waals surface area contributed by atoms with Crippen LogP contribution in [0.4, 0.5) is 23.2 Å². The molecular weight excluding hydrogens is 504 g/mol. The third-order valence-electron chi connectivity index (χ3n) is 4.87. The predicted molar refractivity (Wildman–Crippen MR) is 115 cm³/mol. The minimum atomic E-state index is -4.67. The van der Waals surface area contributed by atoms with Gasteiger partial charge in [0.1, 0.15) is 18.1 Å². The normalized spacial score (nSPS) is 14.9. The molecule has 0 bridgehead atoms. The molecule has 2 aromatic rings. The van der Waals surface area contributed by atoms with E-state index in [4.69, 9.17) is 22.2 Å². The molecule has 0 spiro atoms. The van der Waals surface area contributed by atoms with Gasteiger partial charge < -0.3 is 10.6 Å². The van der Waals surface area contributed by atoms with Gasteiger partial charge in [-0.25, -0.2) is 17.8 Å². The van der Waals surface area contributed by atoms with Crippen LogP contribution in [0.1, 0.15) is 18.4 Å². The summed E-state index contributed by atoms with van der Waals surface area (Å²) in [6, 6.07) is 6.60. The van der Waals surface area contributed by atoms with Crippen LogP contribution in [0.15, 0.2) is 59.8 Å². The van der Waals surface area contributed by atoms with E-state index >= 15 is 0 Å². The Kier molecular flexibility index (Phi) is 7.70. The van der Waals surface area contributed by atoms with Crippen LogP contribution in [0.2, 0.25) is 5.02 Å². The highest BCUT2D eigenvalue weighted by atomic mass is 35.5. The molecule has 0 saturated carbocycles. The van der Waals surface area contributed by atoms with Gasteiger partial charge in [0, 0.05) is 23.6 Å². The lowest BCUT2D eigenvalue weighted by Gasteiger charge is -2.29. The molecule has 1 atom stereocenters. The summed E-state index contributed by atoms with van der Waals surface area (Å²) in [5.41, 5.74) is 7.85. The molecule has 0 radical (unpaired) electrons. The summed E-state index contributed by atoms with van der Waals surface area (Å²) >= 11 is 5.79. The first-order valence-corrected chi connectivity index (χ1v) is 11.5. The van der Waals surface area contributed by atoms with Crippen LogP contribution in [-0.4, -0.2) is 30.8 Å². The summed E-state index contributed by atoms with van der Waals surface area (Å²) in [6.07, 6.45) is -4.34. The number of rotatable bonds is 9. The standard InChI is InChI=1S/C20H19ClF4N4O4S/c21-14-2-5-16(6-3-14)34(31,32)29(18(19(26)30)7-8-20(23,24)25)12-13-1-4-15(11-17(13)22)28-9-10-33-27-28/h1-6,9-11,18,27H,7-8,12H2,(H2,26,30)/t18-/m1/s1. The first kappa shape index (κ1) is 25.7. The minimum Gasteiger partial charge on any atom is -0.395 e. The Balaban J connectivity index is 2.01. The van der Waals surface area contributed by atoms with E-state index in [1.807, 2.05) is 0 Å². The van der Waals surface area contributed by atoms with Gasteiger partial charge in [-0.3, -0.25) is 4.79 Å². The molecular formula is C20H19ClF4N4O4S. The van der Waals surface area contributed by atoms with E-state index in [0.717, 1.165) is 18.2 Å². The zero-order valence-electron chi connectivity index (χ0n) is 17.3. The molecule has 0 fully saturated rings. The predicted octanol–water partition coefficient (Wildman–Crippen LogP) is 3.59. The molecule has 0 saturated heterocycles. The molecule has 184 valence electrons. The molecule has 0 aliphatic carbocycles. The van der Waals surface area contributed by atoms with E-state index in [9.17, 15) is 30.8 Å². The third-order valence-corrected chi connectivity index (χ3v) is 6.99. The van der Waals surface area contributed by atoms with Gasteiger partial charge in [-0.1, -0.05) is 23.3 Å². The fraction of sp³-hybridized carbons (Fsp3) is 0.250. The number of hydrazine groups is 1. The van der Waals surface area contributed by atoms with Crippen molar-refractivity contribution in [2.45, 2.75) is 36.5 Å². The zero-order valence-corrected chi connectivity index (χ0v) is 18.9. The van der Waals surface area contributed by atoms with Crippen molar-refractivity contribution in [3.8, 4) is 0 Å². The number of benzene rings is 2. The number of nitrogens with one attached hydrogen (secondary N) is 1. The van der Waals surface area contributed by atoms with Crippen LogP contribution in [-0.2, 0) is 26.2 Å². The largest absolute Gasteiger partial charge is 0.395 e. The Labute approximate surface area is 197 Å². The van der Waals surface area contributed by atoms with Crippen LogP contribution >= 0.6 is 11.6 Å². The number of alkyl halides is 3. The highest BCUT2D eigenvalue weighted by Gasteiger charge is 2.38. The number of carbonyl (C=O) groups excluding carboxylic acids is 1. The van der Waals surface area contributed by atoms with Gasteiger partial charge in [0.2, 0.25) is 15.9 Å². The molecule has 1 aliphatic rings. The molecule has 14 heteroatoms. The lowest BCUT2D eigenvalue weighted by Crippen LogP contribution is -2.48. The molecule has 1 amide bonds. The Morgan fingerprint density at radius 3 is 2.41 bits per heavy atom. The lowest BCUT2D eigenvalue weighted by molar-refractivity contribution is -0.140. The first-order chi connectivity index (χ1) is 15.9. The molecule has 1 heterocycles. The van der Waals surface area contributed by atoms with E-state index in [1.54, 1.807) is 0 Å². The number of anilines is 1. The van der Waals surface area contributed by atoms with Crippen LogP contribution in [0, 0.1) is 5.82 Å². The van der Waals surface area contributed by atoms with Gasteiger partial charge in [-0.2, -0.15) is 17.5 Å². The first-order valence-electron chi connectivity index (χ1n) is 9.67. The van der Waals surface area contributed by atoms with Crippen LogP contribution < -0.4 is 16.3 Å². The fourth-order valence-electron chi connectivity index (χ4n) is 3.16. The zero-order chi connectivity index (χ0) is 25.1. The van der Waals surface area contributed by atoms with Gasteiger partial charge in [0.25, 0.3) is 0 Å². The minimum absolute atomic E-state index is 0.191. The van der Waals surface area contributed by atoms with Crippen LogP contribution in [0.25, 0.3) is 0 Å². The number of nitrogens with zero attached hydrogens (tertiary/aromatic N) is 2. The highest BCUT2D eigenvalue weighted by molar-refractivity contribution is 7.89. The van der Waals surface area contributed by atoms with Gasteiger partial charge in [0.05, 0.1) is 16.8 Å². The van der Waals surface area contributed by atoms with Crippen molar-refractivity contribution < 1.29 is 35.6 Å². The second-order valence-corrected chi connectivity index (χ2v) is 9.54. The quantitative estimate of drug-likeness (QED) is 0.488. The molecule has 34 heavy (non-hydrogen) atoms. The monoisotopic (exact) mass is 522 g/mol. The third kappa shape index (κ3) is 6.17. The topological polar surface area (TPSA) is 105 Å². The molecule has 3 N–H and O–H groups in total. The number of halogens is 5. The smallest absolute Gasteiger partial charge is 0.389 e. The molecule has 2 aromatic carbocycles. The molecule has 1 aliphatic heterocycles. The van der Waals surface area contributed by atoms with E-state index < -0.39 is 53.4 Å². The number of sulfonamides is 1. The SMILES string of the molecule is NC(=O)[C@@H](CCC(F)(F)F)N(Cc1ccc(N2C=CON2)cc1F)S(=O)(=O)c1ccc(Cl)cc1. The maximum absolute atomic E-state index is 14.9. The summed E-state index contributed by atoms with van der Waals surface area (Å²) in [5.74, 6) is -2.17. The summed E-state index contributed by atoms with van der Waals surface area (Å²) in [5, 5.41) is 1.54. The van der Waals surface area contributed by atoms with E-state index in [2.05, 4.69) is 5.59 Å². The second kappa shape index (κ2) is 10.2. The summed E-state index contributed by atoms with van der Waals surface area (Å²) < 4.78 is 80.6. The van der Waals surface area contributed by atoms with Crippen LogP contribution in [0.3, 0.4) is 0 Å². The molecule has 0 unspecified atom stereocenters. The van der Waals surface area contributed by atoms with Crippen molar-refractivity contribution in [3.05, 3.63) is 71.3 Å². The van der Waals surface area contributed by atoms with Crippen LogP contribution in [0.5, 0.6) is 0 Å². The second-order valence-electron chi connectivity index (χ2n) is 7.22. The number of carbonyl (C=O) groups is 1. The Bertz CT molecular complexity index is 1180. The van der Waals surface area contributed by atoms with E-state index in [1.165, 1.54) is 41.7 Å². The number of hydrogen-bond donors (Lipinski definition) is 2. The van der Waals surface area contributed by atoms with Gasteiger partial charge in [0.15, 0.2) is 0 Å². The summed E-state index contributed by atoms with van der Waals surface area (Å²) in [4.78, 5) is 16.5. The van der Waals surface area contributed by atoms with Crippen molar-refractivity contribution in [2.75, 3.05) is 5.01 Å². The van der Waals surface area contributed by atoms with Gasteiger partial charge >= 0.3 is 6.18 Å². The van der Waals surface area contributed by atoms with Crippen molar-refractivity contribution >= 4 is 33.2 Å². The molecule has 3 rings (SSSR count). The summed E-state index contributed by atoms with van der Waals surface area (Å²) in [7, 11) is -4.58. The van der Waals surface area contributed by atoms with Crippen molar-refractivity contribution in [1.82, 2.24) is 9.89 Å². The van der Waals surface area contributed by atoms with Crippen molar-refractivity contribution in [3.63, 3.8) is 0 Å². The van der Waals surface area contributed by atoms with Gasteiger partial charge in [-0.05, 0) is 42.8 Å². The molecule has 0 aromatic heterocycles. The van der Waals surface area contributed by atoms with Crippen molar-refractivity contribution in [2.24, 2.45) is 5.73 Å². The number of hydrogen-bond acceptors (Lipinski definition) is 6. The average molecular weight is 523 g/mol. The van der Waals surface area contributed by atoms with Crippen molar-refractivity contribution in [1.29, 1.82) is 0 Å². The Morgan fingerprint density at radius 2 is 1.88 bits per heavy atom. The molecule has 8 nitrogen and oxygen atoms in total. The maximum Gasteiger partial charge on any atom is 0.389 e. The van der Waals surface area contributed by atoms with E-state index in [0.29, 0.717) is 9.99 Å². The maximum atomic E-state index is 14.9. The Hall–Kier alpha value is -2.87. The van der Waals surface area contributed by atoms with E-state index in [-0.39, 0.29) is 15.5 Å². The lowest BCUT2D eigenvalue weighted by atomic mass is 10.1. The Morgan fingerprint density at radius 1 is 1.21 bits per heavy atom.